The monoisotopic (exact) mass is 269 g/mol. The zero-order valence-electron chi connectivity index (χ0n) is 10.6. The van der Waals surface area contributed by atoms with E-state index in [-0.39, 0.29) is 0 Å². The molecule has 0 aliphatic rings. The molecule has 2 rings (SSSR count). The third-order valence-corrected chi connectivity index (χ3v) is 4.19. The Morgan fingerprint density at radius 1 is 1.22 bits per heavy atom. The Kier molecular flexibility index (Phi) is 4.30. The molecule has 0 saturated heterocycles. The number of thiophene rings is 1. The highest BCUT2D eigenvalue weighted by molar-refractivity contribution is 7.19. The van der Waals surface area contributed by atoms with E-state index in [1.54, 1.807) is 0 Å². The molecule has 0 aliphatic carbocycles. The largest absolute Gasteiger partial charge is 0.312 e. The van der Waals surface area contributed by atoms with Gasteiger partial charge in [-0.15, -0.1) is 11.3 Å². The summed E-state index contributed by atoms with van der Waals surface area (Å²) in [5.74, 6) is -0.944. The van der Waals surface area contributed by atoms with E-state index in [4.69, 9.17) is 0 Å². The first kappa shape index (κ1) is 13.4. The Hall–Kier alpha value is -1.00. The number of rotatable bonds is 5. The van der Waals surface area contributed by atoms with Crippen LogP contribution in [-0.4, -0.2) is 6.54 Å². The molecule has 1 aromatic heterocycles. The molecular formula is C14H17F2NS. The molecule has 1 nitrogen and oxygen atoms in total. The van der Waals surface area contributed by atoms with Crippen LogP contribution in [0.3, 0.4) is 0 Å². The van der Waals surface area contributed by atoms with Gasteiger partial charge in [-0.1, -0.05) is 20.3 Å². The van der Waals surface area contributed by atoms with Gasteiger partial charge in [0.2, 0.25) is 0 Å². The van der Waals surface area contributed by atoms with Crippen LogP contribution in [0.5, 0.6) is 0 Å². The third kappa shape index (κ3) is 2.54. The molecule has 1 N–H and O–H groups in total. The van der Waals surface area contributed by atoms with Gasteiger partial charge in [0.05, 0.1) is 4.70 Å². The highest BCUT2D eigenvalue weighted by Crippen LogP contribution is 2.34. The maximum atomic E-state index is 13.8. The van der Waals surface area contributed by atoms with Crippen molar-refractivity contribution in [2.75, 3.05) is 6.54 Å². The molecule has 0 bridgehead atoms. The van der Waals surface area contributed by atoms with E-state index >= 15 is 0 Å². The van der Waals surface area contributed by atoms with E-state index in [2.05, 4.69) is 12.2 Å². The van der Waals surface area contributed by atoms with Gasteiger partial charge >= 0.3 is 0 Å². The quantitative estimate of drug-likeness (QED) is 0.856. The summed E-state index contributed by atoms with van der Waals surface area (Å²) in [5, 5.41) is 4.00. The van der Waals surface area contributed by atoms with Gasteiger partial charge < -0.3 is 5.32 Å². The lowest BCUT2D eigenvalue weighted by Crippen LogP contribution is -2.11. The lowest BCUT2D eigenvalue weighted by atomic mass is 10.1. The van der Waals surface area contributed by atoms with Crippen molar-refractivity contribution in [1.82, 2.24) is 5.32 Å². The minimum Gasteiger partial charge on any atom is -0.312 e. The minimum atomic E-state index is -0.495. The molecule has 4 heteroatoms. The Morgan fingerprint density at radius 3 is 2.67 bits per heavy atom. The second-order valence-corrected chi connectivity index (χ2v) is 5.40. The predicted molar refractivity (Wildman–Crippen MR) is 73.1 cm³/mol. The molecule has 2 aromatic rings. The van der Waals surface area contributed by atoms with Crippen LogP contribution in [0.4, 0.5) is 8.78 Å². The number of aryl methyl sites for hydroxylation is 1. The summed E-state index contributed by atoms with van der Waals surface area (Å²) in [5.41, 5.74) is 1.09. The maximum absolute atomic E-state index is 13.8. The second kappa shape index (κ2) is 5.76. The molecule has 0 aliphatic heterocycles. The lowest BCUT2D eigenvalue weighted by molar-refractivity contribution is 0.593. The molecule has 98 valence electrons. The van der Waals surface area contributed by atoms with Crippen LogP contribution in [0.25, 0.3) is 10.1 Å². The molecule has 0 unspecified atom stereocenters. The molecular weight excluding hydrogens is 252 g/mol. The lowest BCUT2D eigenvalue weighted by Gasteiger charge is -2.03. The Balaban J connectivity index is 2.55. The normalized spacial score (nSPS) is 11.3. The van der Waals surface area contributed by atoms with Crippen molar-refractivity contribution in [3.63, 3.8) is 0 Å². The van der Waals surface area contributed by atoms with Crippen molar-refractivity contribution < 1.29 is 8.78 Å². The smallest absolute Gasteiger partial charge is 0.143 e. The summed E-state index contributed by atoms with van der Waals surface area (Å²) in [6, 6.07) is 2.42. The second-order valence-electron chi connectivity index (χ2n) is 4.30. The summed E-state index contributed by atoms with van der Waals surface area (Å²) in [6.07, 6.45) is 1.84. The Labute approximate surface area is 110 Å². The standard InChI is InChI=1S/C14H17F2NS/c1-3-5-10-11-6-9(15)7-12(16)14(11)18-13(10)8-17-4-2/h6-7,17H,3-5,8H2,1-2H3. The molecule has 0 radical (unpaired) electrons. The topological polar surface area (TPSA) is 12.0 Å². The maximum Gasteiger partial charge on any atom is 0.143 e. The Morgan fingerprint density at radius 2 is 2.00 bits per heavy atom. The molecule has 0 fully saturated rings. The van der Waals surface area contributed by atoms with E-state index in [9.17, 15) is 8.78 Å². The first-order valence-electron chi connectivity index (χ1n) is 6.27. The fraction of sp³-hybridized carbons (Fsp3) is 0.429. The van der Waals surface area contributed by atoms with Crippen LogP contribution in [0.1, 0.15) is 30.7 Å². The van der Waals surface area contributed by atoms with Gasteiger partial charge in [0.25, 0.3) is 0 Å². The number of nitrogens with one attached hydrogen (secondary N) is 1. The van der Waals surface area contributed by atoms with E-state index in [0.717, 1.165) is 47.8 Å². The van der Waals surface area contributed by atoms with E-state index < -0.39 is 11.6 Å². The molecule has 0 atom stereocenters. The van der Waals surface area contributed by atoms with Crippen molar-refractivity contribution in [3.8, 4) is 0 Å². The summed E-state index contributed by atoms with van der Waals surface area (Å²) in [7, 11) is 0. The average molecular weight is 269 g/mol. The van der Waals surface area contributed by atoms with Crippen LogP contribution >= 0.6 is 11.3 Å². The number of hydrogen-bond acceptors (Lipinski definition) is 2. The van der Waals surface area contributed by atoms with E-state index in [0.29, 0.717) is 4.70 Å². The molecule has 18 heavy (non-hydrogen) atoms. The van der Waals surface area contributed by atoms with Gasteiger partial charge in [0, 0.05) is 22.9 Å². The van der Waals surface area contributed by atoms with Crippen molar-refractivity contribution in [3.05, 3.63) is 34.2 Å². The minimum absolute atomic E-state index is 0.449. The van der Waals surface area contributed by atoms with Crippen molar-refractivity contribution in [2.45, 2.75) is 33.2 Å². The van der Waals surface area contributed by atoms with Crippen molar-refractivity contribution in [1.29, 1.82) is 0 Å². The SMILES string of the molecule is CCCc1c(CNCC)sc2c(F)cc(F)cc12. The predicted octanol–water partition coefficient (Wildman–Crippen LogP) is 4.24. The van der Waals surface area contributed by atoms with Gasteiger partial charge in [-0.05, 0) is 24.6 Å². The average Bonchev–Trinajstić information content (AvgIpc) is 2.66. The molecule has 0 spiro atoms. The summed E-state index contributed by atoms with van der Waals surface area (Å²) in [6.45, 7) is 5.71. The van der Waals surface area contributed by atoms with Crippen LogP contribution < -0.4 is 5.32 Å². The fourth-order valence-electron chi connectivity index (χ4n) is 2.13. The van der Waals surface area contributed by atoms with Crippen LogP contribution in [0, 0.1) is 11.6 Å². The van der Waals surface area contributed by atoms with Crippen molar-refractivity contribution in [2.24, 2.45) is 0 Å². The van der Waals surface area contributed by atoms with Crippen LogP contribution in [0.15, 0.2) is 12.1 Å². The first-order valence-corrected chi connectivity index (χ1v) is 7.09. The van der Waals surface area contributed by atoms with E-state index in [1.165, 1.54) is 17.4 Å². The number of benzene rings is 1. The van der Waals surface area contributed by atoms with Gasteiger partial charge in [0.15, 0.2) is 0 Å². The summed E-state index contributed by atoms with van der Waals surface area (Å²) in [4.78, 5) is 1.12. The highest BCUT2D eigenvalue weighted by Gasteiger charge is 2.15. The van der Waals surface area contributed by atoms with E-state index in [1.807, 2.05) is 6.92 Å². The summed E-state index contributed by atoms with van der Waals surface area (Å²) >= 11 is 1.43. The zero-order chi connectivity index (χ0) is 13.1. The molecule has 1 aromatic carbocycles. The number of halogens is 2. The molecule has 0 amide bonds. The number of hydrogen-bond donors (Lipinski definition) is 1. The van der Waals surface area contributed by atoms with Crippen LogP contribution in [0.2, 0.25) is 0 Å². The van der Waals surface area contributed by atoms with Crippen LogP contribution in [-0.2, 0) is 13.0 Å². The summed E-state index contributed by atoms with van der Waals surface area (Å²) < 4.78 is 27.7. The van der Waals surface area contributed by atoms with Gasteiger partial charge in [-0.2, -0.15) is 0 Å². The zero-order valence-corrected chi connectivity index (χ0v) is 11.5. The fourth-order valence-corrected chi connectivity index (χ4v) is 3.33. The van der Waals surface area contributed by atoms with Crippen molar-refractivity contribution >= 4 is 21.4 Å². The molecule has 0 saturated carbocycles. The van der Waals surface area contributed by atoms with Gasteiger partial charge in [-0.3, -0.25) is 0 Å². The first-order chi connectivity index (χ1) is 8.67. The molecule has 1 heterocycles. The highest BCUT2D eigenvalue weighted by atomic mass is 32.1. The number of fused-ring (bicyclic) bond motifs is 1. The third-order valence-electron chi connectivity index (χ3n) is 2.93. The van der Waals surface area contributed by atoms with Gasteiger partial charge in [0.1, 0.15) is 11.6 Å². The van der Waals surface area contributed by atoms with Gasteiger partial charge in [-0.25, -0.2) is 8.78 Å². The Bertz CT molecular complexity index is 548.